The molecule has 0 amide bonds. The summed E-state index contributed by atoms with van der Waals surface area (Å²) in [5.74, 6) is -0.835. The molecule has 0 bridgehead atoms. The van der Waals surface area contributed by atoms with Gasteiger partial charge in [-0.3, -0.25) is 4.79 Å². The van der Waals surface area contributed by atoms with Crippen LogP contribution in [-0.4, -0.2) is 32.8 Å². The number of allylic oxidation sites excluding steroid dienone is 3. The van der Waals surface area contributed by atoms with E-state index in [-0.39, 0.29) is 35.0 Å². The van der Waals surface area contributed by atoms with Crippen LogP contribution in [0.2, 0.25) is 0 Å². The third-order valence-corrected chi connectivity index (χ3v) is 5.91. The van der Waals surface area contributed by atoms with E-state index in [0.29, 0.717) is 17.7 Å². The number of phenolic OH excluding ortho intramolecular Hbond substituents is 2. The van der Waals surface area contributed by atoms with Gasteiger partial charge in [-0.1, -0.05) is 29.9 Å². The Hall–Kier alpha value is -2.99. The molecule has 1 aliphatic carbocycles. The smallest absolute Gasteiger partial charge is 0.174 e. The molecule has 3 atom stereocenters. The molecule has 6 heteroatoms. The molecule has 1 aromatic rings. The van der Waals surface area contributed by atoms with Gasteiger partial charge in [0.05, 0.1) is 29.6 Å². The fourth-order valence-electron chi connectivity index (χ4n) is 4.28. The van der Waals surface area contributed by atoms with Crippen molar-refractivity contribution in [1.82, 2.24) is 0 Å². The Kier molecular flexibility index (Phi) is 5.21. The highest BCUT2D eigenvalue weighted by Crippen LogP contribution is 2.48. The van der Waals surface area contributed by atoms with Crippen LogP contribution in [0.25, 0.3) is 0 Å². The lowest BCUT2D eigenvalue weighted by Crippen LogP contribution is -2.43. The van der Waals surface area contributed by atoms with E-state index in [0.717, 1.165) is 11.1 Å². The zero-order valence-electron chi connectivity index (χ0n) is 18.2. The SMILES string of the molecule is CC(C)=CCC1=C2OC(c3ccc(O)c(O)c3)CC(=O)C2=C(O)C2C=CC(C)(C)OC12. The lowest BCUT2D eigenvalue weighted by Gasteiger charge is -2.43. The molecule has 1 saturated heterocycles. The van der Waals surface area contributed by atoms with Crippen LogP contribution in [0, 0.1) is 5.92 Å². The van der Waals surface area contributed by atoms with Gasteiger partial charge in [-0.2, -0.15) is 0 Å². The lowest BCUT2D eigenvalue weighted by atomic mass is 9.77. The molecule has 2 heterocycles. The van der Waals surface area contributed by atoms with Gasteiger partial charge in [-0.15, -0.1) is 0 Å². The molecule has 2 aliphatic heterocycles. The van der Waals surface area contributed by atoms with Crippen molar-refractivity contribution in [2.75, 3.05) is 0 Å². The molecule has 0 aromatic heterocycles. The number of hydrogen-bond donors (Lipinski definition) is 3. The monoisotopic (exact) mass is 424 g/mol. The highest BCUT2D eigenvalue weighted by molar-refractivity contribution is 6.01. The van der Waals surface area contributed by atoms with E-state index in [2.05, 4.69) is 6.08 Å². The van der Waals surface area contributed by atoms with E-state index in [1.54, 1.807) is 6.07 Å². The molecule has 0 saturated carbocycles. The largest absolute Gasteiger partial charge is 0.511 e. The summed E-state index contributed by atoms with van der Waals surface area (Å²) in [7, 11) is 0. The van der Waals surface area contributed by atoms with Gasteiger partial charge in [0.25, 0.3) is 0 Å². The Balaban J connectivity index is 1.83. The number of carbonyl (C=O) groups excluding carboxylic acids is 1. The van der Waals surface area contributed by atoms with E-state index in [4.69, 9.17) is 9.47 Å². The van der Waals surface area contributed by atoms with E-state index in [9.17, 15) is 20.1 Å². The Morgan fingerprint density at radius 3 is 2.61 bits per heavy atom. The molecule has 0 spiro atoms. The molecule has 31 heavy (non-hydrogen) atoms. The number of aliphatic hydroxyl groups excluding tert-OH is 1. The van der Waals surface area contributed by atoms with E-state index >= 15 is 0 Å². The van der Waals surface area contributed by atoms with Crippen LogP contribution in [0.4, 0.5) is 0 Å². The third-order valence-electron chi connectivity index (χ3n) is 5.91. The quantitative estimate of drug-likeness (QED) is 0.471. The summed E-state index contributed by atoms with van der Waals surface area (Å²) in [6, 6.07) is 4.38. The highest BCUT2D eigenvalue weighted by Gasteiger charge is 2.46. The summed E-state index contributed by atoms with van der Waals surface area (Å²) < 4.78 is 12.6. The van der Waals surface area contributed by atoms with Crippen molar-refractivity contribution < 1.29 is 29.6 Å². The van der Waals surface area contributed by atoms with Crippen molar-refractivity contribution in [2.45, 2.75) is 58.3 Å². The molecule has 3 aliphatic rings. The van der Waals surface area contributed by atoms with Gasteiger partial charge >= 0.3 is 0 Å². The zero-order valence-corrected chi connectivity index (χ0v) is 18.2. The lowest BCUT2D eigenvalue weighted by molar-refractivity contribution is -0.121. The minimum absolute atomic E-state index is 0.0234. The first-order valence-electron chi connectivity index (χ1n) is 10.5. The molecular formula is C25H28O6. The average molecular weight is 424 g/mol. The molecule has 1 aromatic carbocycles. The van der Waals surface area contributed by atoms with Crippen LogP contribution in [-0.2, 0) is 14.3 Å². The number of aliphatic hydroxyl groups is 1. The fraction of sp³-hybridized carbons (Fsp3) is 0.400. The first kappa shape index (κ1) is 21.2. The number of carbonyl (C=O) groups is 1. The summed E-state index contributed by atoms with van der Waals surface area (Å²) in [4.78, 5) is 13.1. The fourth-order valence-corrected chi connectivity index (χ4v) is 4.28. The first-order valence-corrected chi connectivity index (χ1v) is 10.5. The molecular weight excluding hydrogens is 396 g/mol. The number of Topliss-reactive ketones (excluding diaryl/α,β-unsaturated/α-hetero) is 1. The second kappa shape index (κ2) is 7.61. The van der Waals surface area contributed by atoms with E-state index in [1.807, 2.05) is 39.8 Å². The molecule has 3 N–H and O–H groups in total. The van der Waals surface area contributed by atoms with E-state index in [1.165, 1.54) is 12.1 Å². The van der Waals surface area contributed by atoms with Gasteiger partial charge < -0.3 is 24.8 Å². The topological polar surface area (TPSA) is 96.2 Å². The van der Waals surface area contributed by atoms with Crippen molar-refractivity contribution in [2.24, 2.45) is 5.92 Å². The maximum absolute atomic E-state index is 13.1. The van der Waals surface area contributed by atoms with Gasteiger partial charge in [0, 0.05) is 5.57 Å². The van der Waals surface area contributed by atoms with Crippen LogP contribution in [0.15, 0.2) is 64.7 Å². The van der Waals surface area contributed by atoms with Crippen molar-refractivity contribution in [3.63, 3.8) is 0 Å². The number of ketones is 1. The minimum Gasteiger partial charge on any atom is -0.511 e. The van der Waals surface area contributed by atoms with Gasteiger partial charge in [0.1, 0.15) is 17.6 Å². The summed E-state index contributed by atoms with van der Waals surface area (Å²) in [6.45, 7) is 7.91. The maximum Gasteiger partial charge on any atom is 0.174 e. The van der Waals surface area contributed by atoms with Crippen molar-refractivity contribution in [1.29, 1.82) is 0 Å². The first-order chi connectivity index (χ1) is 14.6. The minimum atomic E-state index is -0.643. The van der Waals surface area contributed by atoms with Crippen LogP contribution >= 0.6 is 0 Å². The number of fused-ring (bicyclic) bond motifs is 2. The number of phenols is 2. The molecule has 6 nitrogen and oxygen atoms in total. The molecule has 164 valence electrons. The van der Waals surface area contributed by atoms with Crippen molar-refractivity contribution in [3.05, 3.63) is 70.2 Å². The Labute approximate surface area is 181 Å². The summed E-state index contributed by atoms with van der Waals surface area (Å²) in [5, 5.41) is 30.5. The van der Waals surface area contributed by atoms with Gasteiger partial charge in [-0.05, 0) is 51.8 Å². The number of rotatable bonds is 3. The Morgan fingerprint density at radius 2 is 1.94 bits per heavy atom. The summed E-state index contributed by atoms with van der Waals surface area (Å²) >= 11 is 0. The molecule has 0 radical (unpaired) electrons. The highest BCUT2D eigenvalue weighted by atomic mass is 16.5. The second-order valence-electron chi connectivity index (χ2n) is 9.11. The Bertz CT molecular complexity index is 1050. The van der Waals surface area contributed by atoms with Crippen molar-refractivity contribution >= 4 is 5.78 Å². The van der Waals surface area contributed by atoms with Gasteiger partial charge in [0.2, 0.25) is 0 Å². The Morgan fingerprint density at radius 1 is 1.19 bits per heavy atom. The molecule has 3 unspecified atom stereocenters. The van der Waals surface area contributed by atoms with Gasteiger partial charge in [-0.25, -0.2) is 0 Å². The average Bonchev–Trinajstić information content (AvgIpc) is 2.68. The molecule has 4 rings (SSSR count). The number of aromatic hydroxyl groups is 2. The standard InChI is InChI=1S/C25H28O6/c1-13(2)5-7-16-23-15(9-10-25(3,4)31-23)22(29)21-19(28)12-20(30-24(16)21)14-6-8-17(26)18(27)11-14/h5-6,8-11,15,20,23,26-27,29H,7,12H2,1-4H3. The summed E-state index contributed by atoms with van der Waals surface area (Å²) in [5.41, 5.74) is 2.21. The van der Waals surface area contributed by atoms with Crippen LogP contribution in [0.3, 0.4) is 0 Å². The normalized spacial score (nSPS) is 26.8. The van der Waals surface area contributed by atoms with Crippen molar-refractivity contribution in [3.8, 4) is 11.5 Å². The predicted molar refractivity (Wildman–Crippen MR) is 116 cm³/mol. The van der Waals surface area contributed by atoms with Crippen LogP contribution in [0.1, 0.15) is 52.2 Å². The summed E-state index contributed by atoms with van der Waals surface area (Å²) in [6.07, 6.45) is 5.33. The predicted octanol–water partition coefficient (Wildman–Crippen LogP) is 4.91. The number of ether oxygens (including phenoxy) is 2. The van der Waals surface area contributed by atoms with E-state index < -0.39 is 23.7 Å². The van der Waals surface area contributed by atoms with Crippen LogP contribution in [0.5, 0.6) is 11.5 Å². The second-order valence-corrected chi connectivity index (χ2v) is 9.11. The maximum atomic E-state index is 13.1. The molecule has 1 fully saturated rings. The zero-order chi connectivity index (χ0) is 22.5. The van der Waals surface area contributed by atoms with Gasteiger partial charge in [0.15, 0.2) is 17.3 Å². The van der Waals surface area contributed by atoms with Crippen LogP contribution < -0.4 is 0 Å². The number of benzene rings is 1. The third kappa shape index (κ3) is 3.88. The number of hydrogen-bond acceptors (Lipinski definition) is 6.